The van der Waals surface area contributed by atoms with E-state index in [4.69, 9.17) is 27.9 Å². The van der Waals surface area contributed by atoms with Gasteiger partial charge in [-0.25, -0.2) is 0 Å². The summed E-state index contributed by atoms with van der Waals surface area (Å²) in [4.78, 5) is 25.0. The largest absolute Gasteiger partial charge is 0.457 e. The highest BCUT2D eigenvalue weighted by Gasteiger charge is 2.54. The van der Waals surface area contributed by atoms with E-state index in [1.54, 1.807) is 18.2 Å². The Labute approximate surface area is 158 Å². The van der Waals surface area contributed by atoms with Crippen molar-refractivity contribution in [3.8, 4) is 0 Å². The minimum atomic E-state index is -0.415. The lowest BCUT2D eigenvalue weighted by molar-refractivity contribution is -0.157. The number of hydrogen-bond donors (Lipinski definition) is 0. The van der Waals surface area contributed by atoms with Crippen LogP contribution in [0.2, 0.25) is 10.0 Å². The Kier molecular flexibility index (Phi) is 4.57. The number of benzene rings is 1. The van der Waals surface area contributed by atoms with E-state index in [1.807, 2.05) is 0 Å². The molecule has 4 aliphatic carbocycles. The van der Waals surface area contributed by atoms with Gasteiger partial charge in [0.25, 0.3) is 0 Å². The quantitative estimate of drug-likeness (QED) is 0.684. The lowest BCUT2D eigenvalue weighted by Crippen LogP contribution is -2.51. The first kappa shape index (κ1) is 17.4. The van der Waals surface area contributed by atoms with Crippen LogP contribution in [0.3, 0.4) is 0 Å². The summed E-state index contributed by atoms with van der Waals surface area (Å²) in [6, 6.07) is 5.01. The van der Waals surface area contributed by atoms with Crippen LogP contribution in [0, 0.1) is 23.2 Å². The molecule has 134 valence electrons. The summed E-state index contributed by atoms with van der Waals surface area (Å²) < 4.78 is 5.30. The van der Waals surface area contributed by atoms with E-state index >= 15 is 0 Å². The van der Waals surface area contributed by atoms with Crippen LogP contribution in [0.5, 0.6) is 0 Å². The molecule has 0 aromatic heterocycles. The molecule has 5 rings (SSSR count). The minimum Gasteiger partial charge on any atom is -0.457 e. The highest BCUT2D eigenvalue weighted by molar-refractivity contribution is 6.35. The number of rotatable bonds is 5. The first-order chi connectivity index (χ1) is 11.9. The smallest absolute Gasteiger partial charge is 0.310 e. The van der Waals surface area contributed by atoms with E-state index in [1.165, 1.54) is 19.3 Å². The van der Waals surface area contributed by atoms with Crippen LogP contribution in [0.15, 0.2) is 18.2 Å². The van der Waals surface area contributed by atoms with Crippen LogP contribution >= 0.6 is 23.2 Å². The topological polar surface area (TPSA) is 43.4 Å². The van der Waals surface area contributed by atoms with Gasteiger partial charge in [0, 0.05) is 15.5 Å². The molecule has 0 radical (unpaired) electrons. The second kappa shape index (κ2) is 6.59. The summed E-state index contributed by atoms with van der Waals surface area (Å²) >= 11 is 11.9. The van der Waals surface area contributed by atoms with Crippen molar-refractivity contribution in [1.29, 1.82) is 0 Å². The SMILES string of the molecule is O=C(Cc1ccc(Cl)cc1Cl)OCC(=O)C12CC3CC(CC(C3)C1)C2. The van der Waals surface area contributed by atoms with Crippen molar-refractivity contribution in [3.63, 3.8) is 0 Å². The van der Waals surface area contributed by atoms with Crippen molar-refractivity contribution in [2.45, 2.75) is 44.9 Å². The normalized spacial score (nSPS) is 32.6. The second-order valence-corrected chi connectivity index (χ2v) is 9.04. The molecule has 1 aromatic rings. The number of esters is 1. The van der Waals surface area contributed by atoms with Crippen LogP contribution in [0.25, 0.3) is 0 Å². The first-order valence-corrected chi connectivity index (χ1v) is 9.82. The molecule has 4 saturated carbocycles. The summed E-state index contributed by atoms with van der Waals surface area (Å²) in [5, 5.41) is 0.968. The molecule has 0 atom stereocenters. The number of ether oxygens (including phenoxy) is 1. The van der Waals surface area contributed by atoms with Gasteiger partial charge in [0.05, 0.1) is 6.42 Å². The highest BCUT2D eigenvalue weighted by Crippen LogP contribution is 2.60. The molecule has 1 aromatic carbocycles. The molecule has 0 saturated heterocycles. The van der Waals surface area contributed by atoms with Gasteiger partial charge in [-0.05, 0) is 74.0 Å². The minimum absolute atomic E-state index is 0.0597. The molecule has 25 heavy (non-hydrogen) atoms. The Morgan fingerprint density at radius 1 is 1.04 bits per heavy atom. The van der Waals surface area contributed by atoms with Gasteiger partial charge in [0.15, 0.2) is 12.4 Å². The molecule has 0 unspecified atom stereocenters. The fraction of sp³-hybridized carbons (Fsp3) is 0.600. The molecule has 0 amide bonds. The second-order valence-electron chi connectivity index (χ2n) is 8.19. The Bertz CT molecular complexity index is 678. The van der Waals surface area contributed by atoms with E-state index in [9.17, 15) is 9.59 Å². The zero-order chi connectivity index (χ0) is 17.6. The summed E-state index contributed by atoms with van der Waals surface area (Å²) in [7, 11) is 0. The fourth-order valence-corrected chi connectivity index (χ4v) is 6.10. The van der Waals surface area contributed by atoms with Gasteiger partial charge >= 0.3 is 5.97 Å². The van der Waals surface area contributed by atoms with E-state index in [-0.39, 0.29) is 24.2 Å². The van der Waals surface area contributed by atoms with Gasteiger partial charge in [0.1, 0.15) is 0 Å². The molecular formula is C20H22Cl2O3. The van der Waals surface area contributed by atoms with Crippen LogP contribution in [-0.2, 0) is 20.7 Å². The van der Waals surface area contributed by atoms with Crippen LogP contribution < -0.4 is 0 Å². The molecule has 4 aliphatic rings. The molecule has 0 spiro atoms. The average molecular weight is 381 g/mol. The Hall–Kier alpha value is -1.06. The third-order valence-corrected chi connectivity index (χ3v) is 6.93. The molecule has 0 N–H and O–H groups in total. The van der Waals surface area contributed by atoms with E-state index < -0.39 is 5.97 Å². The monoisotopic (exact) mass is 380 g/mol. The van der Waals surface area contributed by atoms with Crippen LogP contribution in [0.1, 0.15) is 44.1 Å². The molecule has 0 heterocycles. The van der Waals surface area contributed by atoms with Gasteiger partial charge < -0.3 is 4.74 Å². The maximum absolute atomic E-state index is 12.8. The molecule has 3 nitrogen and oxygen atoms in total. The zero-order valence-corrected chi connectivity index (χ0v) is 15.6. The van der Waals surface area contributed by atoms with E-state index in [2.05, 4.69) is 0 Å². The van der Waals surface area contributed by atoms with Gasteiger partial charge in [-0.2, -0.15) is 0 Å². The Morgan fingerprint density at radius 2 is 1.64 bits per heavy atom. The number of ketones is 1. The summed E-state index contributed by atoms with van der Waals surface area (Å²) in [6.45, 7) is -0.101. The lowest BCUT2D eigenvalue weighted by atomic mass is 9.48. The number of carbonyl (C=O) groups is 2. The molecule has 0 aliphatic heterocycles. The molecule has 4 fully saturated rings. The number of Topliss-reactive ketones (excluding diaryl/α,β-unsaturated/α-hetero) is 1. The summed E-state index contributed by atoms with van der Waals surface area (Å²) in [6.07, 6.45) is 6.93. The maximum atomic E-state index is 12.8. The predicted octanol–water partition coefficient (Wildman–Crippen LogP) is 4.86. The third-order valence-electron chi connectivity index (χ3n) is 6.34. The molecule has 5 heteroatoms. The summed E-state index contributed by atoms with van der Waals surface area (Å²) in [5.74, 6) is 1.83. The standard InChI is InChI=1S/C20H22Cl2O3/c21-16-2-1-15(17(22)7-16)6-19(24)25-11-18(23)20-8-12-3-13(9-20)5-14(4-12)10-20/h1-2,7,12-14H,3-6,8-11H2. The molecule has 4 bridgehead atoms. The number of hydrogen-bond acceptors (Lipinski definition) is 3. The van der Waals surface area contributed by atoms with Crippen LogP contribution in [-0.4, -0.2) is 18.4 Å². The fourth-order valence-electron chi connectivity index (χ4n) is 5.62. The van der Waals surface area contributed by atoms with Gasteiger partial charge in [-0.3, -0.25) is 9.59 Å². The lowest BCUT2D eigenvalue weighted by Gasteiger charge is -2.55. The maximum Gasteiger partial charge on any atom is 0.310 e. The predicted molar refractivity (Wildman–Crippen MR) is 96.7 cm³/mol. The van der Waals surface area contributed by atoms with Crippen molar-refractivity contribution in [2.75, 3.05) is 6.61 Å². The van der Waals surface area contributed by atoms with Crippen LogP contribution in [0.4, 0.5) is 0 Å². The average Bonchev–Trinajstić information content (AvgIpc) is 2.54. The number of halogens is 2. The zero-order valence-electron chi connectivity index (χ0n) is 14.1. The molecular weight excluding hydrogens is 359 g/mol. The van der Waals surface area contributed by atoms with Gasteiger partial charge in [-0.1, -0.05) is 29.3 Å². The van der Waals surface area contributed by atoms with E-state index in [0.717, 1.165) is 19.3 Å². The third kappa shape index (κ3) is 3.46. The van der Waals surface area contributed by atoms with Gasteiger partial charge in [0.2, 0.25) is 0 Å². The van der Waals surface area contributed by atoms with Crippen molar-refractivity contribution in [3.05, 3.63) is 33.8 Å². The Balaban J connectivity index is 1.35. The van der Waals surface area contributed by atoms with Crippen molar-refractivity contribution in [2.24, 2.45) is 23.2 Å². The summed E-state index contributed by atoms with van der Waals surface area (Å²) in [5.41, 5.74) is 0.450. The van der Waals surface area contributed by atoms with Gasteiger partial charge in [-0.15, -0.1) is 0 Å². The van der Waals surface area contributed by atoms with Crippen molar-refractivity contribution < 1.29 is 14.3 Å². The highest BCUT2D eigenvalue weighted by atomic mass is 35.5. The van der Waals surface area contributed by atoms with Crippen molar-refractivity contribution in [1.82, 2.24) is 0 Å². The van der Waals surface area contributed by atoms with Crippen molar-refractivity contribution >= 4 is 35.0 Å². The first-order valence-electron chi connectivity index (χ1n) is 9.06. The Morgan fingerprint density at radius 3 is 2.20 bits per heavy atom. The van der Waals surface area contributed by atoms with E-state index in [0.29, 0.717) is 33.4 Å². The number of carbonyl (C=O) groups excluding carboxylic acids is 2.